The molecule has 0 unspecified atom stereocenters. The van der Waals surface area contributed by atoms with Gasteiger partial charge in [0.1, 0.15) is 11.6 Å². The highest BCUT2D eigenvalue weighted by atomic mass is 32.2. The molecule has 1 aromatic heterocycles. The van der Waals surface area contributed by atoms with E-state index in [9.17, 15) is 8.42 Å². The first-order valence-electron chi connectivity index (χ1n) is 9.48. The monoisotopic (exact) mass is 397 g/mol. The predicted molar refractivity (Wildman–Crippen MR) is 109 cm³/mol. The van der Waals surface area contributed by atoms with E-state index in [0.717, 1.165) is 42.9 Å². The summed E-state index contributed by atoms with van der Waals surface area (Å²) < 4.78 is 36.0. The van der Waals surface area contributed by atoms with Crippen LogP contribution in [0.3, 0.4) is 0 Å². The van der Waals surface area contributed by atoms with Gasteiger partial charge < -0.3 is 9.30 Å². The lowest BCUT2D eigenvalue weighted by molar-refractivity contribution is 0.340. The highest BCUT2D eigenvalue weighted by Gasteiger charge is 2.19. The van der Waals surface area contributed by atoms with Crippen molar-refractivity contribution in [3.8, 4) is 17.0 Å². The number of nitrogens with zero attached hydrogens (tertiary/aromatic N) is 2. The van der Waals surface area contributed by atoms with E-state index in [1.165, 1.54) is 0 Å². The van der Waals surface area contributed by atoms with Gasteiger partial charge in [-0.2, -0.15) is 0 Å². The Morgan fingerprint density at radius 3 is 2.64 bits per heavy atom. The number of ether oxygens (including phenoxy) is 1. The fourth-order valence-corrected chi connectivity index (χ4v) is 4.50. The Morgan fingerprint density at radius 2 is 1.89 bits per heavy atom. The second-order valence-electron chi connectivity index (χ2n) is 6.75. The predicted octanol–water partition coefficient (Wildman–Crippen LogP) is 4.09. The zero-order valence-corrected chi connectivity index (χ0v) is 16.6. The number of hydrogen-bond acceptors (Lipinski definition) is 4. The van der Waals surface area contributed by atoms with Crippen molar-refractivity contribution >= 4 is 15.7 Å². The van der Waals surface area contributed by atoms with Gasteiger partial charge in [0.05, 0.1) is 22.9 Å². The Labute approximate surface area is 165 Å². The van der Waals surface area contributed by atoms with Crippen LogP contribution in [-0.4, -0.2) is 24.6 Å². The molecule has 7 heteroatoms. The van der Waals surface area contributed by atoms with E-state index in [1.54, 1.807) is 30.3 Å². The van der Waals surface area contributed by atoms with Gasteiger partial charge in [-0.25, -0.2) is 13.4 Å². The summed E-state index contributed by atoms with van der Waals surface area (Å²) >= 11 is 0. The molecule has 0 spiro atoms. The molecule has 0 radical (unpaired) electrons. The molecule has 2 aromatic carbocycles. The molecule has 0 saturated heterocycles. The summed E-state index contributed by atoms with van der Waals surface area (Å²) in [6.07, 6.45) is 5.26. The molecular formula is C21H23N3O3S. The highest BCUT2D eigenvalue weighted by Crippen LogP contribution is 2.30. The minimum absolute atomic E-state index is 0.190. The number of imidazole rings is 1. The van der Waals surface area contributed by atoms with E-state index in [1.807, 2.05) is 31.3 Å². The Balaban J connectivity index is 1.64. The van der Waals surface area contributed by atoms with E-state index >= 15 is 0 Å². The molecular weight excluding hydrogens is 374 g/mol. The quantitative estimate of drug-likeness (QED) is 0.680. The van der Waals surface area contributed by atoms with Crippen molar-refractivity contribution in [2.75, 3.05) is 11.3 Å². The Kier molecular flexibility index (Phi) is 5.09. The molecule has 0 fully saturated rings. The third kappa shape index (κ3) is 3.75. The lowest BCUT2D eigenvalue weighted by atomic mass is 10.1. The van der Waals surface area contributed by atoms with E-state index in [-0.39, 0.29) is 4.90 Å². The lowest BCUT2D eigenvalue weighted by Gasteiger charge is -2.12. The molecule has 0 atom stereocenters. The molecule has 6 nitrogen and oxygen atoms in total. The van der Waals surface area contributed by atoms with Crippen LogP contribution in [0.2, 0.25) is 0 Å². The van der Waals surface area contributed by atoms with E-state index in [0.29, 0.717) is 18.0 Å². The maximum Gasteiger partial charge on any atom is 0.261 e. The minimum Gasteiger partial charge on any atom is -0.494 e. The van der Waals surface area contributed by atoms with Crippen molar-refractivity contribution in [3.05, 3.63) is 60.6 Å². The van der Waals surface area contributed by atoms with Crippen LogP contribution in [0.15, 0.2) is 59.6 Å². The zero-order valence-electron chi connectivity index (χ0n) is 15.8. The number of fused-ring (bicyclic) bond motifs is 1. The smallest absolute Gasteiger partial charge is 0.261 e. The summed E-state index contributed by atoms with van der Waals surface area (Å²) in [5, 5.41) is 0. The maximum atomic E-state index is 12.9. The van der Waals surface area contributed by atoms with E-state index in [4.69, 9.17) is 9.72 Å². The van der Waals surface area contributed by atoms with Crippen LogP contribution in [0.4, 0.5) is 5.69 Å². The third-order valence-corrected chi connectivity index (χ3v) is 6.18. The average molecular weight is 398 g/mol. The average Bonchev–Trinajstić information content (AvgIpc) is 3.13. The van der Waals surface area contributed by atoms with Crippen LogP contribution in [0.5, 0.6) is 5.75 Å². The molecule has 0 bridgehead atoms. The fraction of sp³-hybridized carbons (Fsp3) is 0.286. The van der Waals surface area contributed by atoms with Gasteiger partial charge in [0.25, 0.3) is 10.0 Å². The summed E-state index contributed by atoms with van der Waals surface area (Å²) in [6.45, 7) is 3.38. The van der Waals surface area contributed by atoms with Gasteiger partial charge in [0.2, 0.25) is 0 Å². The van der Waals surface area contributed by atoms with Gasteiger partial charge in [-0.3, -0.25) is 4.72 Å². The van der Waals surface area contributed by atoms with Gasteiger partial charge >= 0.3 is 0 Å². The second-order valence-corrected chi connectivity index (χ2v) is 8.43. The first-order valence-corrected chi connectivity index (χ1v) is 11.0. The van der Waals surface area contributed by atoms with Crippen molar-refractivity contribution in [3.63, 3.8) is 0 Å². The summed E-state index contributed by atoms with van der Waals surface area (Å²) in [5.74, 6) is 1.70. The van der Waals surface area contributed by atoms with Gasteiger partial charge in [0, 0.05) is 24.7 Å². The van der Waals surface area contributed by atoms with Crippen LogP contribution in [0.1, 0.15) is 25.6 Å². The summed E-state index contributed by atoms with van der Waals surface area (Å²) in [6, 6.07) is 13.8. The molecule has 4 rings (SSSR count). The molecule has 0 saturated carbocycles. The SMILES string of the molecule is CCOc1ccc(S(=O)(=O)Nc2ccccc2-c2cn3c(n2)CCCC3)cc1. The number of hydrogen-bond donors (Lipinski definition) is 1. The van der Waals surface area contributed by atoms with Crippen molar-refractivity contribution in [2.45, 2.75) is 37.6 Å². The maximum absolute atomic E-state index is 12.9. The number of sulfonamides is 1. The Hall–Kier alpha value is -2.80. The summed E-state index contributed by atoms with van der Waals surface area (Å²) in [4.78, 5) is 4.92. The Bertz CT molecular complexity index is 1050. The number of anilines is 1. The first kappa shape index (κ1) is 18.6. The topological polar surface area (TPSA) is 73.2 Å². The molecule has 1 aliphatic heterocycles. The number of rotatable bonds is 6. The van der Waals surface area contributed by atoms with Crippen LogP contribution in [0.25, 0.3) is 11.3 Å². The molecule has 3 aromatic rings. The molecule has 146 valence electrons. The molecule has 2 heterocycles. The summed E-state index contributed by atoms with van der Waals surface area (Å²) in [5.41, 5.74) is 2.09. The molecule has 1 N–H and O–H groups in total. The van der Waals surface area contributed by atoms with Crippen LogP contribution in [0, 0.1) is 0 Å². The number of nitrogens with one attached hydrogen (secondary N) is 1. The number of benzene rings is 2. The number of aryl methyl sites for hydroxylation is 2. The Morgan fingerprint density at radius 1 is 1.11 bits per heavy atom. The summed E-state index contributed by atoms with van der Waals surface area (Å²) in [7, 11) is -3.72. The molecule has 28 heavy (non-hydrogen) atoms. The highest BCUT2D eigenvalue weighted by molar-refractivity contribution is 7.92. The van der Waals surface area contributed by atoms with Crippen molar-refractivity contribution in [1.29, 1.82) is 0 Å². The van der Waals surface area contributed by atoms with Gasteiger partial charge in [0.15, 0.2) is 0 Å². The van der Waals surface area contributed by atoms with E-state index in [2.05, 4.69) is 9.29 Å². The molecule has 1 aliphatic rings. The second kappa shape index (κ2) is 7.67. The van der Waals surface area contributed by atoms with Crippen LogP contribution < -0.4 is 9.46 Å². The van der Waals surface area contributed by atoms with Crippen molar-refractivity contribution in [1.82, 2.24) is 9.55 Å². The number of aromatic nitrogens is 2. The van der Waals surface area contributed by atoms with Crippen molar-refractivity contribution < 1.29 is 13.2 Å². The largest absolute Gasteiger partial charge is 0.494 e. The third-order valence-electron chi connectivity index (χ3n) is 4.80. The van der Waals surface area contributed by atoms with E-state index < -0.39 is 10.0 Å². The van der Waals surface area contributed by atoms with Crippen molar-refractivity contribution in [2.24, 2.45) is 0 Å². The van der Waals surface area contributed by atoms with Gasteiger partial charge in [-0.1, -0.05) is 18.2 Å². The first-order chi connectivity index (χ1) is 13.6. The standard InChI is InChI=1S/C21H23N3O3S/c1-2-27-16-10-12-17(13-11-16)28(25,26)23-19-8-4-3-7-18(19)20-15-24-14-6-5-9-21(24)22-20/h3-4,7-8,10-13,15,23H,2,5-6,9,14H2,1H3. The van der Waals surface area contributed by atoms with Gasteiger partial charge in [-0.15, -0.1) is 0 Å². The fourth-order valence-electron chi connectivity index (χ4n) is 3.42. The lowest BCUT2D eigenvalue weighted by Crippen LogP contribution is -2.13. The molecule has 0 aliphatic carbocycles. The normalized spacial score (nSPS) is 13.8. The van der Waals surface area contributed by atoms with Crippen LogP contribution >= 0.6 is 0 Å². The number of para-hydroxylation sites is 1. The molecule has 0 amide bonds. The van der Waals surface area contributed by atoms with Crippen LogP contribution in [-0.2, 0) is 23.0 Å². The zero-order chi connectivity index (χ0) is 19.6. The van der Waals surface area contributed by atoms with Gasteiger partial charge in [-0.05, 0) is 50.1 Å². The minimum atomic E-state index is -3.72.